The Morgan fingerprint density at radius 2 is 0.629 bits per heavy atom. The van der Waals surface area contributed by atoms with Crippen LogP contribution in [0.3, 0.4) is 0 Å². The Hall–Kier alpha value is -13.4. The van der Waals surface area contributed by atoms with Crippen LogP contribution in [0.25, 0.3) is 67.5 Å². The van der Waals surface area contributed by atoms with Crippen LogP contribution in [0, 0.1) is 57.2 Å². The van der Waals surface area contributed by atoms with Crippen molar-refractivity contribution in [3.63, 3.8) is 0 Å². The fourth-order valence-corrected chi connectivity index (χ4v) is 14.6. The molecular formula is C115H95N11O2Pt4. The molecule has 0 saturated carbocycles. The van der Waals surface area contributed by atoms with Gasteiger partial charge >= 0.3 is 63.2 Å². The summed E-state index contributed by atoms with van der Waals surface area (Å²) in [6.07, 6.45) is 10.5. The number of rotatable bonds is 19. The summed E-state index contributed by atoms with van der Waals surface area (Å²) < 4.78 is 0. The van der Waals surface area contributed by atoms with Crippen LogP contribution in [-0.2, 0) is 95.1 Å². The number of phenols is 2. The van der Waals surface area contributed by atoms with E-state index in [1.807, 2.05) is 249 Å². The number of nitrogens with zero attached hydrogens (tertiary/aromatic N) is 11. The van der Waals surface area contributed by atoms with Crippen molar-refractivity contribution < 1.29 is 94.5 Å². The number of hydrogen-bond acceptors (Lipinski definition) is 13. The number of aromatic hydroxyl groups is 2. The van der Waals surface area contributed by atoms with Crippen molar-refractivity contribution in [1.29, 1.82) is 0 Å². The normalized spacial score (nSPS) is 10.8. The van der Waals surface area contributed by atoms with E-state index in [-0.39, 0.29) is 107 Å². The summed E-state index contributed by atoms with van der Waals surface area (Å²) in [5.74, 6) is 1.94. The fourth-order valence-electron chi connectivity index (χ4n) is 14.6. The van der Waals surface area contributed by atoms with Crippen LogP contribution in [0.5, 0.6) is 11.5 Å². The van der Waals surface area contributed by atoms with Gasteiger partial charge in [0.15, 0.2) is 0 Å². The molecule has 18 aromatic rings. The van der Waals surface area contributed by atoms with Gasteiger partial charge in [0.05, 0.1) is 11.4 Å². The van der Waals surface area contributed by atoms with Gasteiger partial charge in [-0.3, -0.25) is 24.9 Å². The van der Waals surface area contributed by atoms with E-state index in [1.54, 1.807) is 48.8 Å². The van der Waals surface area contributed by atoms with E-state index < -0.39 is 0 Å². The second-order valence-electron chi connectivity index (χ2n) is 32.5. The van der Waals surface area contributed by atoms with Gasteiger partial charge in [0.25, 0.3) is 0 Å². The molecule has 18 rings (SSSR count). The van der Waals surface area contributed by atoms with Crippen molar-refractivity contribution in [3.8, 4) is 79.0 Å². The van der Waals surface area contributed by atoms with Crippen LogP contribution >= 0.6 is 0 Å². The molecule has 17 heteroatoms. The molecule has 0 bridgehead atoms. The van der Waals surface area contributed by atoms with Crippen LogP contribution in [0.15, 0.2) is 399 Å². The Morgan fingerprint density at radius 1 is 0.303 bits per heavy atom. The molecule has 0 aliphatic carbocycles. The van der Waals surface area contributed by atoms with Crippen molar-refractivity contribution in [2.75, 3.05) is 14.7 Å². The number of para-hydroxylation sites is 5. The number of aryl methyl sites for hydroxylation is 3. The molecule has 13 nitrogen and oxygen atoms in total. The molecule has 0 aliphatic rings. The molecule has 0 radical (unpaired) electrons. The second kappa shape index (κ2) is 47.5. The van der Waals surface area contributed by atoms with Gasteiger partial charge < -0.3 is 39.9 Å². The molecule has 0 unspecified atom stereocenters. The zero-order valence-electron chi connectivity index (χ0n) is 74.2. The minimum Gasteiger partial charge on any atom is -0.507 e. The van der Waals surface area contributed by atoms with Gasteiger partial charge in [0, 0.05) is 86.5 Å². The molecule has 0 aliphatic heterocycles. The van der Waals surface area contributed by atoms with E-state index in [2.05, 4.69) is 246 Å². The second-order valence-corrected chi connectivity index (χ2v) is 32.5. The minimum atomic E-state index is -0.0132. The predicted molar refractivity (Wildman–Crippen MR) is 525 cm³/mol. The van der Waals surface area contributed by atoms with E-state index >= 15 is 0 Å². The van der Waals surface area contributed by atoms with Gasteiger partial charge in [0.1, 0.15) is 23.1 Å². The molecule has 0 amide bonds. The van der Waals surface area contributed by atoms with Crippen molar-refractivity contribution in [1.82, 2.24) is 29.9 Å². The topological polar surface area (TPSA) is 152 Å². The molecule has 0 fully saturated rings. The Morgan fingerprint density at radius 3 is 0.977 bits per heavy atom. The number of aliphatic imine (C=N–C) groups is 2. The van der Waals surface area contributed by atoms with Gasteiger partial charge in [-0.2, -0.15) is 0 Å². The average Bonchev–Trinajstić information content (AvgIpc) is 0.770. The Labute approximate surface area is 833 Å². The quantitative estimate of drug-likeness (QED) is 0.0588. The summed E-state index contributed by atoms with van der Waals surface area (Å²) in [6.45, 7) is 20.1. The van der Waals surface area contributed by atoms with Crippen molar-refractivity contribution in [2.24, 2.45) is 9.98 Å². The third kappa shape index (κ3) is 25.8. The van der Waals surface area contributed by atoms with Crippen LogP contribution in [-0.4, -0.2) is 52.5 Å². The number of hydrogen-bond donors (Lipinski definition) is 2. The van der Waals surface area contributed by atoms with Crippen molar-refractivity contribution in [2.45, 2.75) is 73.1 Å². The Bertz CT molecular complexity index is 6430. The number of aromatic nitrogens is 6. The zero-order valence-corrected chi connectivity index (χ0v) is 83.3. The van der Waals surface area contributed by atoms with Gasteiger partial charge in [-0.1, -0.05) is 193 Å². The van der Waals surface area contributed by atoms with Crippen molar-refractivity contribution >= 4 is 75.3 Å². The summed E-state index contributed by atoms with van der Waals surface area (Å²) in [5.41, 5.74) is 26.8. The summed E-state index contributed by atoms with van der Waals surface area (Å²) >= 11 is 0. The standard InChI is InChI=1S/C36H35N3.C31H25N3.C28H19N3.C20H16N2O2.4Pt/c1-35(2,3)28-23-29(36(4,5)6)25-32(24-28)39(30-15-11-13-26(21-30)33-17-7-9-19-37-33)31-16-12-14-27(22-31)34-18-8-10-20-38-34;1-22-18-23(2)31(24(3)19-22)34(27-12-8-10-25(20-27)29-14-4-6-16-32-29)28-13-9-11-26(21-28)30-15-5-7-17-33-30;1-4-12-22(13-5-1)25-18-10-20-27(29-25)31(24-16-8-3-9-17-24)28-21-11-19-26(30-28)23-14-6-2-7-15-23;23-19-11-5-1-7-15(19)13-21-17-9-3-4-10-18(17)22-14-16-8-2-6-12-20(16)24;;;;/h7-20,23-25H,1-6H3;4-19H,1-3H3;1-12,14,16-21H;1-14,23-24H;;;;/q3*-2;;;3*+2. The van der Waals surface area contributed by atoms with E-state index in [0.717, 1.165) is 119 Å². The van der Waals surface area contributed by atoms with Crippen LogP contribution in [0.1, 0.15) is 80.5 Å². The van der Waals surface area contributed by atoms with E-state index in [9.17, 15) is 10.2 Å². The molecule has 2 N–H and O–H groups in total. The summed E-state index contributed by atoms with van der Waals surface area (Å²) in [5, 5.41) is 19.6. The summed E-state index contributed by atoms with van der Waals surface area (Å²) in [4.78, 5) is 43.5. The zero-order chi connectivity index (χ0) is 88.8. The molecule has 12 aromatic carbocycles. The van der Waals surface area contributed by atoms with Crippen LogP contribution in [0.4, 0.5) is 62.8 Å². The maximum Gasteiger partial charge on any atom is 2.00 e. The van der Waals surface area contributed by atoms with E-state index in [0.29, 0.717) is 22.5 Å². The first kappa shape index (κ1) is 99.2. The number of phenolic OH excluding ortho intramolecular Hbond substituents is 2. The third-order valence-corrected chi connectivity index (χ3v) is 21.0. The van der Waals surface area contributed by atoms with Gasteiger partial charge in [-0.05, 0) is 208 Å². The predicted octanol–water partition coefficient (Wildman–Crippen LogP) is 28.8. The fraction of sp³-hybridized carbons (Fsp3) is 0.0957. The maximum absolute atomic E-state index is 9.79. The molecule has 6 heterocycles. The maximum atomic E-state index is 9.79. The monoisotopic (exact) mass is 2440 g/mol. The average molecular weight is 2440 g/mol. The van der Waals surface area contributed by atoms with Crippen LogP contribution < -0.4 is 14.7 Å². The summed E-state index contributed by atoms with van der Waals surface area (Å²) in [7, 11) is 0. The van der Waals surface area contributed by atoms with Gasteiger partial charge in [-0.25, -0.2) is 0 Å². The molecule has 6 aromatic heterocycles. The molecule has 662 valence electrons. The smallest absolute Gasteiger partial charge is 0.507 e. The minimum absolute atomic E-state index is 0. The Kier molecular flexibility index (Phi) is 35.7. The van der Waals surface area contributed by atoms with Gasteiger partial charge in [-0.15, -0.1) is 191 Å². The largest absolute Gasteiger partial charge is 2.00 e. The summed E-state index contributed by atoms with van der Waals surface area (Å²) in [6, 6.07) is 141. The first-order chi connectivity index (χ1) is 62.3. The molecule has 0 saturated heterocycles. The first-order valence-electron chi connectivity index (χ1n) is 42.4. The van der Waals surface area contributed by atoms with Crippen molar-refractivity contribution in [3.05, 3.63) is 464 Å². The SMILES string of the molecule is CC(C)(C)c1cc(N(c2[c-]c(-c3ccccn3)ccc2)c2[c-]c(-c3ccccn3)ccc2)cc(C(C)(C)C)c1.Cc1cc(C)c(N(c2[c-]c(-c3ccccn3)ccc2)c2[c-]c(-c3ccccn3)ccc2)c(C)c1.Oc1ccccc1C=Nc1ccccc1N=Cc1ccccc1O.[Pt+2].[Pt+2].[Pt+2].[Pt].[c-]1ccccc1-c1cccc(N(c2ccccc2)c2cccc(-c3[c-]cccc3)n2)n1. The molecule has 0 atom stereocenters. The number of benzene rings is 12. The van der Waals surface area contributed by atoms with E-state index in [1.165, 1.54) is 27.8 Å². The Balaban J connectivity index is 0.000000170. The first-order valence-corrected chi connectivity index (χ1v) is 42.4. The number of anilines is 9. The third-order valence-electron chi connectivity index (χ3n) is 21.0. The molecule has 0 spiro atoms. The van der Waals surface area contributed by atoms with E-state index in [4.69, 9.17) is 9.97 Å². The molecule has 132 heavy (non-hydrogen) atoms. The van der Waals surface area contributed by atoms with Gasteiger partial charge in [0.2, 0.25) is 0 Å². The number of pyridine rings is 6. The molecular weight excluding hydrogens is 2350 g/mol. The van der Waals surface area contributed by atoms with Crippen LogP contribution in [0.2, 0.25) is 0 Å².